The highest BCUT2D eigenvalue weighted by Gasteiger charge is 2.03. The van der Waals surface area contributed by atoms with Crippen molar-refractivity contribution in [3.63, 3.8) is 0 Å². The second kappa shape index (κ2) is 6.12. The van der Waals surface area contributed by atoms with Crippen LogP contribution in [0.1, 0.15) is 24.9 Å². The van der Waals surface area contributed by atoms with Gasteiger partial charge in [0.15, 0.2) is 0 Å². The molecule has 0 aliphatic heterocycles. The molecule has 0 fully saturated rings. The first-order chi connectivity index (χ1) is 7.61. The molecule has 1 aromatic rings. The number of aliphatic hydroxyl groups is 1. The summed E-state index contributed by atoms with van der Waals surface area (Å²) in [7, 11) is 0. The van der Waals surface area contributed by atoms with Gasteiger partial charge in [0.2, 0.25) is 5.91 Å². The third-order valence-electron chi connectivity index (χ3n) is 2.11. The van der Waals surface area contributed by atoms with Gasteiger partial charge in [0.25, 0.3) is 0 Å². The predicted octanol–water partition coefficient (Wildman–Crippen LogP) is 1.49. The van der Waals surface area contributed by atoms with Crippen LogP contribution in [0.5, 0.6) is 0 Å². The molecule has 1 atom stereocenters. The molecule has 1 heterocycles. The van der Waals surface area contributed by atoms with Gasteiger partial charge in [-0.15, -0.1) is 0 Å². The summed E-state index contributed by atoms with van der Waals surface area (Å²) in [5, 5.41) is 11.4. The fourth-order valence-electron chi connectivity index (χ4n) is 1.26. The van der Waals surface area contributed by atoms with Crippen molar-refractivity contribution in [2.45, 2.75) is 26.3 Å². The normalized spacial score (nSPS) is 12.9. The zero-order valence-electron chi connectivity index (χ0n) is 9.56. The first-order valence-electron chi connectivity index (χ1n) is 5.27. The molecule has 0 saturated heterocycles. The maximum absolute atomic E-state index is 11.4. The average molecular weight is 223 g/mol. The summed E-state index contributed by atoms with van der Waals surface area (Å²) in [6, 6.07) is 3.61. The monoisotopic (exact) mass is 223 g/mol. The molecule has 1 rings (SSSR count). The summed E-state index contributed by atoms with van der Waals surface area (Å²) in [6.07, 6.45) is 3.60. The maximum atomic E-state index is 11.4. The third kappa shape index (κ3) is 4.31. The van der Waals surface area contributed by atoms with Crippen molar-refractivity contribution in [2.24, 2.45) is 0 Å². The molecule has 2 N–H and O–H groups in total. The Morgan fingerprint density at radius 2 is 2.38 bits per heavy atom. The van der Waals surface area contributed by atoms with E-state index >= 15 is 0 Å². The van der Waals surface area contributed by atoms with Gasteiger partial charge in [-0.25, -0.2) is 0 Å². The molecule has 16 heavy (non-hydrogen) atoms. The van der Waals surface area contributed by atoms with Crippen LogP contribution < -0.4 is 5.32 Å². The Balaban J connectivity index is 2.42. The largest absolute Gasteiger partial charge is 0.462 e. The van der Waals surface area contributed by atoms with Crippen LogP contribution in [0.15, 0.2) is 22.6 Å². The zero-order valence-corrected chi connectivity index (χ0v) is 9.56. The summed E-state index contributed by atoms with van der Waals surface area (Å²) in [5.74, 6) is 1.28. The highest BCUT2D eigenvalue weighted by Crippen LogP contribution is 2.07. The Bertz CT molecular complexity index is 368. The molecule has 4 nitrogen and oxygen atoms in total. The van der Waals surface area contributed by atoms with Crippen LogP contribution in [0.4, 0.5) is 0 Å². The third-order valence-corrected chi connectivity index (χ3v) is 2.11. The smallest absolute Gasteiger partial charge is 0.244 e. The lowest BCUT2D eigenvalue weighted by atomic mass is 10.2. The van der Waals surface area contributed by atoms with Crippen LogP contribution in [-0.2, 0) is 4.79 Å². The van der Waals surface area contributed by atoms with Crippen molar-refractivity contribution in [1.29, 1.82) is 0 Å². The van der Waals surface area contributed by atoms with Crippen molar-refractivity contribution >= 4 is 12.0 Å². The Morgan fingerprint density at radius 3 is 2.94 bits per heavy atom. The Kier molecular flexibility index (Phi) is 4.79. The molecular formula is C12H17NO3. The number of aryl methyl sites for hydroxylation is 1. The summed E-state index contributed by atoms with van der Waals surface area (Å²) in [6.45, 7) is 3.77. The zero-order chi connectivity index (χ0) is 12.0. The van der Waals surface area contributed by atoms with Crippen LogP contribution in [0.2, 0.25) is 0 Å². The minimum atomic E-state index is -0.185. The molecule has 0 bridgehead atoms. The van der Waals surface area contributed by atoms with Crippen molar-refractivity contribution in [2.75, 3.05) is 6.61 Å². The Morgan fingerprint density at radius 1 is 1.62 bits per heavy atom. The molecule has 0 aliphatic rings. The fourth-order valence-corrected chi connectivity index (χ4v) is 1.26. The fraction of sp³-hybridized carbons (Fsp3) is 0.417. The highest BCUT2D eigenvalue weighted by atomic mass is 16.3. The second-order valence-electron chi connectivity index (χ2n) is 3.70. The second-order valence-corrected chi connectivity index (χ2v) is 3.70. The standard InChI is InChI=1S/C12H17NO3/c1-9(7-8-14)13-12(15)6-5-11-4-3-10(2)16-11/h3-6,9,14H,7-8H2,1-2H3,(H,13,15)/b6-5+. The van der Waals surface area contributed by atoms with Gasteiger partial charge in [-0.05, 0) is 38.5 Å². The number of aliphatic hydroxyl groups excluding tert-OH is 1. The summed E-state index contributed by atoms with van der Waals surface area (Å²) >= 11 is 0. The van der Waals surface area contributed by atoms with E-state index < -0.39 is 0 Å². The lowest BCUT2D eigenvalue weighted by Gasteiger charge is -2.09. The van der Waals surface area contributed by atoms with Crippen molar-refractivity contribution in [1.82, 2.24) is 5.32 Å². The van der Waals surface area contributed by atoms with Gasteiger partial charge >= 0.3 is 0 Å². The first kappa shape index (κ1) is 12.5. The minimum Gasteiger partial charge on any atom is -0.462 e. The van der Waals surface area contributed by atoms with E-state index in [2.05, 4.69) is 5.32 Å². The summed E-state index contributed by atoms with van der Waals surface area (Å²) in [5.41, 5.74) is 0. The quantitative estimate of drug-likeness (QED) is 0.743. The molecule has 1 unspecified atom stereocenters. The lowest BCUT2D eigenvalue weighted by molar-refractivity contribution is -0.117. The molecule has 0 radical (unpaired) electrons. The van der Waals surface area contributed by atoms with Crippen LogP contribution in [0.25, 0.3) is 6.08 Å². The van der Waals surface area contributed by atoms with Gasteiger partial charge < -0.3 is 14.8 Å². The van der Waals surface area contributed by atoms with Gasteiger partial charge in [0.1, 0.15) is 11.5 Å². The van der Waals surface area contributed by atoms with E-state index in [0.717, 1.165) is 5.76 Å². The van der Waals surface area contributed by atoms with Crippen LogP contribution in [0, 0.1) is 6.92 Å². The molecule has 0 spiro atoms. The van der Waals surface area contributed by atoms with Crippen molar-refractivity contribution < 1.29 is 14.3 Å². The van der Waals surface area contributed by atoms with E-state index in [1.807, 2.05) is 19.9 Å². The van der Waals surface area contributed by atoms with Gasteiger partial charge in [0, 0.05) is 18.7 Å². The molecule has 0 aliphatic carbocycles. The molecule has 0 aromatic carbocycles. The molecule has 88 valence electrons. The number of carbonyl (C=O) groups excluding carboxylic acids is 1. The van der Waals surface area contributed by atoms with E-state index in [4.69, 9.17) is 9.52 Å². The van der Waals surface area contributed by atoms with E-state index in [1.165, 1.54) is 6.08 Å². The molecule has 1 amide bonds. The van der Waals surface area contributed by atoms with Gasteiger partial charge in [0.05, 0.1) is 0 Å². The van der Waals surface area contributed by atoms with E-state index in [0.29, 0.717) is 12.2 Å². The first-order valence-corrected chi connectivity index (χ1v) is 5.27. The number of nitrogens with one attached hydrogen (secondary N) is 1. The number of carbonyl (C=O) groups is 1. The van der Waals surface area contributed by atoms with Crippen LogP contribution in [0.3, 0.4) is 0 Å². The maximum Gasteiger partial charge on any atom is 0.244 e. The number of hydrogen-bond acceptors (Lipinski definition) is 3. The van der Waals surface area contributed by atoms with Crippen LogP contribution >= 0.6 is 0 Å². The molecule has 1 aromatic heterocycles. The van der Waals surface area contributed by atoms with E-state index in [1.54, 1.807) is 12.1 Å². The minimum absolute atomic E-state index is 0.0273. The van der Waals surface area contributed by atoms with Crippen molar-refractivity contribution in [3.05, 3.63) is 29.7 Å². The van der Waals surface area contributed by atoms with Crippen molar-refractivity contribution in [3.8, 4) is 0 Å². The number of furan rings is 1. The van der Waals surface area contributed by atoms with Gasteiger partial charge in [-0.2, -0.15) is 0 Å². The number of rotatable bonds is 5. The summed E-state index contributed by atoms with van der Waals surface area (Å²) < 4.78 is 5.28. The Labute approximate surface area is 95.0 Å². The molecular weight excluding hydrogens is 206 g/mol. The van der Waals surface area contributed by atoms with E-state index in [9.17, 15) is 4.79 Å². The predicted molar refractivity (Wildman–Crippen MR) is 61.8 cm³/mol. The van der Waals surface area contributed by atoms with E-state index in [-0.39, 0.29) is 18.6 Å². The Hall–Kier alpha value is -1.55. The number of amides is 1. The van der Waals surface area contributed by atoms with Crippen LogP contribution in [-0.4, -0.2) is 23.7 Å². The lowest BCUT2D eigenvalue weighted by Crippen LogP contribution is -2.31. The molecule has 4 heteroatoms. The summed E-state index contributed by atoms with van der Waals surface area (Å²) in [4.78, 5) is 11.4. The highest BCUT2D eigenvalue weighted by molar-refractivity contribution is 5.91. The van der Waals surface area contributed by atoms with Gasteiger partial charge in [-0.1, -0.05) is 0 Å². The molecule has 0 saturated carbocycles. The average Bonchev–Trinajstić information content (AvgIpc) is 2.61. The SMILES string of the molecule is Cc1ccc(/C=C/C(=O)NC(C)CCO)o1. The topological polar surface area (TPSA) is 62.5 Å². The van der Waals surface area contributed by atoms with Gasteiger partial charge in [-0.3, -0.25) is 4.79 Å². The number of hydrogen-bond donors (Lipinski definition) is 2.